The highest BCUT2D eigenvalue weighted by molar-refractivity contribution is 7.91. The van der Waals surface area contributed by atoms with Gasteiger partial charge < -0.3 is 11.1 Å². The fraction of sp³-hybridized carbons (Fsp3) is 0.0714. The Morgan fingerprint density at radius 2 is 1.65 bits per heavy atom. The Balaban J connectivity index is 2.40. The number of para-hydroxylation sites is 1. The van der Waals surface area contributed by atoms with E-state index in [-0.39, 0.29) is 21.4 Å². The maximum atomic E-state index is 12.4. The van der Waals surface area contributed by atoms with Crippen LogP contribution in [-0.4, -0.2) is 14.3 Å². The minimum Gasteiger partial charge on any atom is -0.398 e. The molecule has 0 radical (unpaired) electrons. The van der Waals surface area contributed by atoms with Crippen molar-refractivity contribution in [3.63, 3.8) is 0 Å². The number of sulfone groups is 1. The summed E-state index contributed by atoms with van der Waals surface area (Å²) in [6, 6.07) is 12.2. The quantitative estimate of drug-likeness (QED) is 0.847. The lowest BCUT2D eigenvalue weighted by Gasteiger charge is -2.08. The van der Waals surface area contributed by atoms with Crippen LogP contribution in [0.25, 0.3) is 0 Å². The molecule has 0 aliphatic rings. The molecule has 5 nitrogen and oxygen atoms in total. The van der Waals surface area contributed by atoms with Gasteiger partial charge in [0.1, 0.15) is 0 Å². The number of amides is 1. The molecule has 2 rings (SSSR count). The van der Waals surface area contributed by atoms with Gasteiger partial charge >= 0.3 is 0 Å². The van der Waals surface area contributed by atoms with E-state index < -0.39 is 9.84 Å². The maximum absolute atomic E-state index is 12.4. The molecule has 2 aromatic carbocycles. The van der Waals surface area contributed by atoms with Crippen LogP contribution in [0, 0.1) is 0 Å². The van der Waals surface area contributed by atoms with Gasteiger partial charge in [-0.2, -0.15) is 0 Å². The highest BCUT2D eigenvalue weighted by Gasteiger charge is 2.19. The van der Waals surface area contributed by atoms with Crippen LogP contribution in [-0.2, 0) is 14.6 Å². The first-order chi connectivity index (χ1) is 9.41. The molecule has 0 saturated carbocycles. The molecule has 0 atom stereocenters. The number of nitrogens with two attached hydrogens (primary N) is 1. The van der Waals surface area contributed by atoms with Gasteiger partial charge in [0.15, 0.2) is 0 Å². The predicted molar refractivity (Wildman–Crippen MR) is 77.1 cm³/mol. The Labute approximate surface area is 117 Å². The third-order valence-electron chi connectivity index (χ3n) is 2.69. The molecule has 0 bridgehead atoms. The van der Waals surface area contributed by atoms with E-state index in [1.54, 1.807) is 18.2 Å². The number of nitrogens with one attached hydrogen (secondary N) is 1. The second kappa shape index (κ2) is 5.34. The topological polar surface area (TPSA) is 89.3 Å². The first kappa shape index (κ1) is 14.1. The van der Waals surface area contributed by atoms with Gasteiger partial charge in [-0.05, 0) is 36.4 Å². The summed E-state index contributed by atoms with van der Waals surface area (Å²) in [5.74, 6) is -0.215. The van der Waals surface area contributed by atoms with Crippen LogP contribution < -0.4 is 11.1 Å². The van der Waals surface area contributed by atoms with Crippen molar-refractivity contribution in [1.29, 1.82) is 0 Å². The van der Waals surface area contributed by atoms with Crippen molar-refractivity contribution in [1.82, 2.24) is 0 Å². The van der Waals surface area contributed by atoms with E-state index in [1.807, 2.05) is 0 Å². The molecule has 6 heteroatoms. The van der Waals surface area contributed by atoms with Gasteiger partial charge in [0.05, 0.1) is 15.5 Å². The molecule has 0 spiro atoms. The van der Waals surface area contributed by atoms with Crippen LogP contribution in [0.4, 0.5) is 11.4 Å². The summed E-state index contributed by atoms with van der Waals surface area (Å²) >= 11 is 0. The highest BCUT2D eigenvalue weighted by atomic mass is 32.2. The van der Waals surface area contributed by atoms with Gasteiger partial charge in [-0.25, -0.2) is 8.42 Å². The van der Waals surface area contributed by atoms with Crippen LogP contribution in [0.15, 0.2) is 58.3 Å². The minimum atomic E-state index is -3.65. The van der Waals surface area contributed by atoms with Crippen LogP contribution in [0.5, 0.6) is 0 Å². The van der Waals surface area contributed by atoms with E-state index in [2.05, 4.69) is 5.32 Å². The zero-order valence-electron chi connectivity index (χ0n) is 10.8. The molecule has 2 aromatic rings. The number of carbonyl (C=O) groups is 1. The van der Waals surface area contributed by atoms with Crippen molar-refractivity contribution in [2.75, 3.05) is 11.1 Å². The Morgan fingerprint density at radius 1 is 1.05 bits per heavy atom. The SMILES string of the molecule is CC(=O)Nc1ccc(S(=O)(=O)c2ccccc2N)cc1. The molecule has 20 heavy (non-hydrogen) atoms. The smallest absolute Gasteiger partial charge is 0.221 e. The summed E-state index contributed by atoms with van der Waals surface area (Å²) in [7, 11) is -3.65. The lowest BCUT2D eigenvalue weighted by molar-refractivity contribution is -0.114. The number of benzene rings is 2. The number of anilines is 2. The fourth-order valence-corrected chi connectivity index (χ4v) is 3.16. The van der Waals surface area contributed by atoms with Gasteiger partial charge in [-0.3, -0.25) is 4.79 Å². The molecule has 1 amide bonds. The predicted octanol–water partition coefficient (Wildman–Crippen LogP) is 2.06. The van der Waals surface area contributed by atoms with Gasteiger partial charge in [-0.15, -0.1) is 0 Å². The molecule has 104 valence electrons. The third-order valence-corrected chi connectivity index (χ3v) is 4.54. The molecular formula is C14H14N2O3S. The van der Waals surface area contributed by atoms with Crippen LogP contribution >= 0.6 is 0 Å². The van der Waals surface area contributed by atoms with Gasteiger partial charge in [-0.1, -0.05) is 12.1 Å². The van der Waals surface area contributed by atoms with Crippen molar-refractivity contribution in [3.05, 3.63) is 48.5 Å². The molecule has 0 aromatic heterocycles. The lowest BCUT2D eigenvalue weighted by Crippen LogP contribution is -2.07. The standard InChI is InChI=1S/C14H14N2O3S/c1-10(17)16-11-6-8-12(9-7-11)20(18,19)14-5-3-2-4-13(14)15/h2-9H,15H2,1H3,(H,16,17). The van der Waals surface area contributed by atoms with Gasteiger partial charge in [0, 0.05) is 12.6 Å². The maximum Gasteiger partial charge on any atom is 0.221 e. The normalized spacial score (nSPS) is 11.1. The number of carbonyl (C=O) groups excluding carboxylic acids is 1. The Morgan fingerprint density at radius 3 is 2.20 bits per heavy atom. The van der Waals surface area contributed by atoms with Gasteiger partial charge in [0.2, 0.25) is 15.7 Å². The summed E-state index contributed by atoms with van der Waals surface area (Å²) in [5.41, 5.74) is 6.45. The Bertz CT molecular complexity index is 737. The largest absolute Gasteiger partial charge is 0.398 e. The molecule has 0 heterocycles. The van der Waals surface area contributed by atoms with Crippen LogP contribution in [0.1, 0.15) is 6.92 Å². The number of hydrogen-bond donors (Lipinski definition) is 2. The first-order valence-electron chi connectivity index (χ1n) is 5.88. The van der Waals surface area contributed by atoms with Gasteiger partial charge in [0.25, 0.3) is 0 Å². The second-order valence-electron chi connectivity index (χ2n) is 4.25. The van der Waals surface area contributed by atoms with Crippen molar-refractivity contribution >= 4 is 27.1 Å². The summed E-state index contributed by atoms with van der Waals surface area (Å²) in [4.78, 5) is 11.1. The fourth-order valence-electron chi connectivity index (χ4n) is 1.77. The zero-order chi connectivity index (χ0) is 14.8. The summed E-state index contributed by atoms with van der Waals surface area (Å²) in [5, 5.41) is 2.58. The van der Waals surface area contributed by atoms with E-state index in [4.69, 9.17) is 5.73 Å². The Hall–Kier alpha value is -2.34. The zero-order valence-corrected chi connectivity index (χ0v) is 11.6. The van der Waals surface area contributed by atoms with E-state index in [9.17, 15) is 13.2 Å². The average molecular weight is 290 g/mol. The Kier molecular flexibility index (Phi) is 3.76. The number of rotatable bonds is 3. The summed E-state index contributed by atoms with van der Waals surface area (Å²) in [6.07, 6.45) is 0. The van der Waals surface area contributed by atoms with Crippen LogP contribution in [0.2, 0.25) is 0 Å². The van der Waals surface area contributed by atoms with Crippen molar-refractivity contribution in [2.45, 2.75) is 16.7 Å². The molecule has 0 fully saturated rings. The number of hydrogen-bond acceptors (Lipinski definition) is 4. The van der Waals surface area contributed by atoms with E-state index in [0.717, 1.165) is 0 Å². The van der Waals surface area contributed by atoms with Crippen molar-refractivity contribution < 1.29 is 13.2 Å². The molecule has 3 N–H and O–H groups in total. The number of nitrogen functional groups attached to an aromatic ring is 1. The van der Waals surface area contributed by atoms with Crippen molar-refractivity contribution in [3.8, 4) is 0 Å². The summed E-state index contributed by atoms with van der Waals surface area (Å²) in [6.45, 7) is 1.38. The monoisotopic (exact) mass is 290 g/mol. The molecule has 0 unspecified atom stereocenters. The van der Waals surface area contributed by atoms with E-state index in [1.165, 1.54) is 37.3 Å². The van der Waals surface area contributed by atoms with E-state index >= 15 is 0 Å². The van der Waals surface area contributed by atoms with Crippen molar-refractivity contribution in [2.24, 2.45) is 0 Å². The van der Waals surface area contributed by atoms with E-state index in [0.29, 0.717) is 5.69 Å². The molecular weight excluding hydrogens is 276 g/mol. The molecule has 0 aliphatic heterocycles. The average Bonchev–Trinajstić information content (AvgIpc) is 2.39. The second-order valence-corrected chi connectivity index (χ2v) is 6.16. The minimum absolute atomic E-state index is 0.0762. The highest BCUT2D eigenvalue weighted by Crippen LogP contribution is 2.26. The third kappa shape index (κ3) is 2.80. The summed E-state index contributed by atoms with van der Waals surface area (Å²) < 4.78 is 24.8. The molecule has 0 aliphatic carbocycles. The first-order valence-corrected chi connectivity index (χ1v) is 7.37. The van der Waals surface area contributed by atoms with Crippen LogP contribution in [0.3, 0.4) is 0 Å². The molecule has 0 saturated heterocycles. The lowest BCUT2D eigenvalue weighted by atomic mass is 10.3.